The number of amides is 2. The topological polar surface area (TPSA) is 44.4 Å². The van der Waals surface area contributed by atoms with Crippen molar-refractivity contribution in [1.29, 1.82) is 0 Å². The molecule has 0 atom stereocenters. The van der Waals surface area contributed by atoms with Crippen molar-refractivity contribution in [2.45, 2.75) is 25.9 Å². The fourth-order valence-electron chi connectivity index (χ4n) is 3.09. The maximum Gasteiger partial charge on any atom is 0.315 e. The van der Waals surface area contributed by atoms with Crippen molar-refractivity contribution in [1.82, 2.24) is 15.5 Å². The van der Waals surface area contributed by atoms with E-state index in [1.54, 1.807) is 0 Å². The number of carbonyl (C=O) groups excluding carboxylic acids is 1. The molecule has 2 amide bonds. The molecule has 0 fully saturated rings. The summed E-state index contributed by atoms with van der Waals surface area (Å²) in [4.78, 5) is 14.3. The third kappa shape index (κ3) is 4.83. The first kappa shape index (κ1) is 16.5. The van der Waals surface area contributed by atoms with Crippen molar-refractivity contribution in [3.05, 3.63) is 71.3 Å². The summed E-state index contributed by atoms with van der Waals surface area (Å²) in [7, 11) is 0. The van der Waals surface area contributed by atoms with Gasteiger partial charge in [0.25, 0.3) is 0 Å². The van der Waals surface area contributed by atoms with Gasteiger partial charge in [-0.25, -0.2) is 4.79 Å². The van der Waals surface area contributed by atoms with E-state index in [2.05, 4.69) is 39.8 Å². The quantitative estimate of drug-likeness (QED) is 0.803. The predicted molar refractivity (Wildman–Crippen MR) is 96.7 cm³/mol. The fourth-order valence-corrected chi connectivity index (χ4v) is 3.09. The molecule has 0 radical (unpaired) electrons. The van der Waals surface area contributed by atoms with Gasteiger partial charge in [-0.1, -0.05) is 54.6 Å². The smallest absolute Gasteiger partial charge is 0.315 e. The van der Waals surface area contributed by atoms with Gasteiger partial charge in [0.05, 0.1) is 0 Å². The fraction of sp³-hybridized carbons (Fsp3) is 0.350. The second kappa shape index (κ2) is 8.50. The van der Waals surface area contributed by atoms with Crippen LogP contribution in [0.25, 0.3) is 0 Å². The Kier molecular flexibility index (Phi) is 5.85. The highest BCUT2D eigenvalue weighted by molar-refractivity contribution is 5.73. The molecule has 24 heavy (non-hydrogen) atoms. The Bertz CT molecular complexity index is 657. The standard InChI is InChI=1S/C20H25N3O/c24-20(22-15-17-7-2-1-3-8-17)21-12-6-13-23-14-11-18-9-4-5-10-19(18)16-23/h1-5,7-10H,6,11-16H2,(H2,21,22,24). The second-order valence-corrected chi connectivity index (χ2v) is 6.24. The second-order valence-electron chi connectivity index (χ2n) is 6.24. The summed E-state index contributed by atoms with van der Waals surface area (Å²) in [5.41, 5.74) is 4.03. The van der Waals surface area contributed by atoms with Gasteiger partial charge >= 0.3 is 6.03 Å². The lowest BCUT2D eigenvalue weighted by molar-refractivity contribution is 0.234. The van der Waals surface area contributed by atoms with Crippen molar-refractivity contribution in [2.75, 3.05) is 19.6 Å². The molecule has 4 nitrogen and oxygen atoms in total. The van der Waals surface area contributed by atoms with E-state index in [9.17, 15) is 4.79 Å². The van der Waals surface area contributed by atoms with E-state index in [1.807, 2.05) is 30.3 Å². The van der Waals surface area contributed by atoms with Gasteiger partial charge in [0.1, 0.15) is 0 Å². The lowest BCUT2D eigenvalue weighted by Gasteiger charge is -2.28. The molecule has 0 bridgehead atoms. The molecule has 126 valence electrons. The van der Waals surface area contributed by atoms with E-state index >= 15 is 0 Å². The Labute approximate surface area is 143 Å². The van der Waals surface area contributed by atoms with Crippen LogP contribution in [0.3, 0.4) is 0 Å². The molecule has 1 aliphatic rings. The van der Waals surface area contributed by atoms with Gasteiger partial charge in [-0.05, 0) is 29.5 Å². The zero-order chi connectivity index (χ0) is 16.6. The van der Waals surface area contributed by atoms with Crippen LogP contribution in [-0.2, 0) is 19.5 Å². The number of fused-ring (bicyclic) bond motifs is 1. The summed E-state index contributed by atoms with van der Waals surface area (Å²) >= 11 is 0. The Morgan fingerprint density at radius 3 is 2.54 bits per heavy atom. The number of carbonyl (C=O) groups is 1. The number of hydrogen-bond donors (Lipinski definition) is 2. The van der Waals surface area contributed by atoms with Crippen molar-refractivity contribution in [3.63, 3.8) is 0 Å². The Balaban J connectivity index is 1.31. The van der Waals surface area contributed by atoms with Crippen LogP contribution in [0.1, 0.15) is 23.1 Å². The average Bonchev–Trinajstić information content (AvgIpc) is 2.64. The van der Waals surface area contributed by atoms with E-state index in [0.717, 1.165) is 38.0 Å². The minimum atomic E-state index is -0.0946. The first-order valence-corrected chi connectivity index (χ1v) is 8.66. The molecular formula is C20H25N3O. The van der Waals surface area contributed by atoms with Crippen LogP contribution >= 0.6 is 0 Å². The van der Waals surface area contributed by atoms with Crippen molar-refractivity contribution in [3.8, 4) is 0 Å². The minimum absolute atomic E-state index is 0.0946. The maximum absolute atomic E-state index is 11.8. The molecule has 0 unspecified atom stereocenters. The van der Waals surface area contributed by atoms with Crippen LogP contribution in [0.2, 0.25) is 0 Å². The lowest BCUT2D eigenvalue weighted by Crippen LogP contribution is -2.37. The van der Waals surface area contributed by atoms with Gasteiger partial charge in [0.15, 0.2) is 0 Å². The van der Waals surface area contributed by atoms with Crippen LogP contribution in [0.5, 0.6) is 0 Å². The highest BCUT2D eigenvalue weighted by Gasteiger charge is 2.14. The summed E-state index contributed by atoms with van der Waals surface area (Å²) in [6, 6.07) is 18.5. The number of nitrogens with one attached hydrogen (secondary N) is 2. The zero-order valence-electron chi connectivity index (χ0n) is 14.0. The van der Waals surface area contributed by atoms with E-state index in [-0.39, 0.29) is 6.03 Å². The van der Waals surface area contributed by atoms with E-state index in [4.69, 9.17) is 0 Å². The van der Waals surface area contributed by atoms with Crippen LogP contribution in [0.4, 0.5) is 4.79 Å². The number of rotatable bonds is 6. The van der Waals surface area contributed by atoms with Gasteiger partial charge in [0, 0.05) is 32.7 Å². The molecule has 2 N–H and O–H groups in total. The highest BCUT2D eigenvalue weighted by Crippen LogP contribution is 2.18. The minimum Gasteiger partial charge on any atom is -0.338 e. The molecule has 3 rings (SSSR count). The molecule has 0 aliphatic carbocycles. The monoisotopic (exact) mass is 323 g/mol. The van der Waals surface area contributed by atoms with Gasteiger partial charge < -0.3 is 10.6 Å². The summed E-state index contributed by atoms with van der Waals surface area (Å²) in [5.74, 6) is 0. The van der Waals surface area contributed by atoms with E-state index in [1.165, 1.54) is 11.1 Å². The van der Waals surface area contributed by atoms with E-state index in [0.29, 0.717) is 13.1 Å². The van der Waals surface area contributed by atoms with Crippen molar-refractivity contribution < 1.29 is 4.79 Å². The first-order valence-electron chi connectivity index (χ1n) is 8.66. The van der Waals surface area contributed by atoms with Gasteiger partial charge in [-0.15, -0.1) is 0 Å². The number of nitrogens with zero attached hydrogens (tertiary/aromatic N) is 1. The molecule has 4 heteroatoms. The molecule has 1 heterocycles. The van der Waals surface area contributed by atoms with Crippen LogP contribution in [-0.4, -0.2) is 30.6 Å². The van der Waals surface area contributed by atoms with Gasteiger partial charge in [0.2, 0.25) is 0 Å². The number of benzene rings is 2. The third-order valence-corrected chi connectivity index (χ3v) is 4.44. The van der Waals surface area contributed by atoms with Gasteiger partial charge in [-0.3, -0.25) is 4.90 Å². The number of hydrogen-bond acceptors (Lipinski definition) is 2. The highest BCUT2D eigenvalue weighted by atomic mass is 16.2. The normalized spacial score (nSPS) is 14.0. The van der Waals surface area contributed by atoms with Crippen LogP contribution in [0, 0.1) is 0 Å². The van der Waals surface area contributed by atoms with Crippen molar-refractivity contribution in [2.24, 2.45) is 0 Å². The summed E-state index contributed by atoms with van der Waals surface area (Å²) in [5, 5.41) is 5.82. The van der Waals surface area contributed by atoms with E-state index < -0.39 is 0 Å². The van der Waals surface area contributed by atoms with Crippen LogP contribution in [0.15, 0.2) is 54.6 Å². The Morgan fingerprint density at radius 1 is 0.958 bits per heavy atom. The molecule has 2 aromatic rings. The molecule has 0 saturated carbocycles. The summed E-state index contributed by atoms with van der Waals surface area (Å²) in [6.07, 6.45) is 2.10. The maximum atomic E-state index is 11.8. The molecule has 2 aromatic carbocycles. The lowest BCUT2D eigenvalue weighted by atomic mass is 10.00. The number of urea groups is 1. The summed E-state index contributed by atoms with van der Waals surface area (Å²) < 4.78 is 0. The van der Waals surface area contributed by atoms with Crippen LogP contribution < -0.4 is 10.6 Å². The molecule has 0 spiro atoms. The Hall–Kier alpha value is -2.33. The molecular weight excluding hydrogens is 298 g/mol. The van der Waals surface area contributed by atoms with Crippen molar-refractivity contribution >= 4 is 6.03 Å². The SMILES string of the molecule is O=C(NCCCN1CCc2ccccc2C1)NCc1ccccc1. The predicted octanol–water partition coefficient (Wildman–Crippen LogP) is 2.93. The van der Waals surface area contributed by atoms with Gasteiger partial charge in [-0.2, -0.15) is 0 Å². The molecule has 0 saturated heterocycles. The molecule has 0 aromatic heterocycles. The Morgan fingerprint density at radius 2 is 1.71 bits per heavy atom. The average molecular weight is 323 g/mol. The summed E-state index contributed by atoms with van der Waals surface area (Å²) in [6.45, 7) is 4.43. The first-order chi connectivity index (χ1) is 11.8. The molecule has 1 aliphatic heterocycles. The zero-order valence-corrected chi connectivity index (χ0v) is 14.0. The largest absolute Gasteiger partial charge is 0.338 e. The third-order valence-electron chi connectivity index (χ3n) is 4.44.